The first kappa shape index (κ1) is 19.2. The predicted molar refractivity (Wildman–Crippen MR) is 103 cm³/mol. The lowest BCUT2D eigenvalue weighted by atomic mass is 9.85. The molecule has 3 N–H and O–H groups in total. The molecule has 3 atom stereocenters. The second-order valence-electron chi connectivity index (χ2n) is 7.11. The molecule has 1 saturated carbocycles. The summed E-state index contributed by atoms with van der Waals surface area (Å²) in [6, 6.07) is 5.29. The van der Waals surface area contributed by atoms with Crippen molar-refractivity contribution in [2.45, 2.75) is 37.8 Å². The molecular weight excluding hydrogens is 344 g/mol. The van der Waals surface area contributed by atoms with Gasteiger partial charge in [0.25, 0.3) is 0 Å². The summed E-state index contributed by atoms with van der Waals surface area (Å²) in [5.74, 6) is 2.03. The molecule has 2 aromatic rings. The van der Waals surface area contributed by atoms with Gasteiger partial charge in [-0.05, 0) is 37.0 Å². The van der Waals surface area contributed by atoms with Crippen molar-refractivity contribution in [1.29, 1.82) is 0 Å². The van der Waals surface area contributed by atoms with Crippen LogP contribution in [-0.4, -0.2) is 35.7 Å². The van der Waals surface area contributed by atoms with Crippen LogP contribution in [0.2, 0.25) is 0 Å². The van der Waals surface area contributed by atoms with E-state index in [-0.39, 0.29) is 17.9 Å². The lowest BCUT2D eigenvalue weighted by molar-refractivity contribution is -0.126. The Kier molecular flexibility index (Phi) is 6.01. The lowest BCUT2D eigenvalue weighted by Crippen LogP contribution is -2.40. The third-order valence-corrected chi connectivity index (χ3v) is 5.20. The van der Waals surface area contributed by atoms with E-state index in [1.807, 2.05) is 29.9 Å². The number of nitrogens with one attached hydrogen (secondary N) is 1. The maximum atomic E-state index is 13.0. The van der Waals surface area contributed by atoms with Crippen LogP contribution < -0.4 is 20.5 Å². The average Bonchev–Trinajstić information content (AvgIpc) is 3.11. The van der Waals surface area contributed by atoms with Gasteiger partial charge in [0.05, 0.1) is 14.2 Å². The quantitative estimate of drug-likeness (QED) is 0.811. The Bertz CT molecular complexity index is 767. The van der Waals surface area contributed by atoms with Gasteiger partial charge in [0.1, 0.15) is 23.4 Å². The molecule has 7 nitrogen and oxygen atoms in total. The molecule has 0 spiro atoms. The summed E-state index contributed by atoms with van der Waals surface area (Å²) in [5, 5.41) is 3.18. The molecule has 0 aliphatic heterocycles. The zero-order valence-corrected chi connectivity index (χ0v) is 16.1. The molecule has 0 bridgehead atoms. The first-order chi connectivity index (χ1) is 13.0. The highest BCUT2D eigenvalue weighted by Gasteiger charge is 2.29. The van der Waals surface area contributed by atoms with E-state index in [1.54, 1.807) is 26.5 Å². The van der Waals surface area contributed by atoms with E-state index in [0.717, 1.165) is 37.1 Å². The standard InChI is InChI=1S/C20H28N4O3/c1-24-8-7-22-19(24)18(14-10-16(26-2)12-17(11-14)27-3)23-20(25)13-5-4-6-15(21)9-13/h7-8,10-13,15,18H,4-6,9,21H2,1-3H3,(H,23,25). The smallest absolute Gasteiger partial charge is 0.224 e. The number of carbonyl (C=O) groups is 1. The molecule has 1 aromatic carbocycles. The number of carbonyl (C=O) groups excluding carboxylic acids is 1. The molecule has 0 saturated heterocycles. The van der Waals surface area contributed by atoms with Gasteiger partial charge in [-0.3, -0.25) is 4.79 Å². The highest BCUT2D eigenvalue weighted by molar-refractivity contribution is 5.79. The zero-order chi connectivity index (χ0) is 19.4. The van der Waals surface area contributed by atoms with Crippen molar-refractivity contribution >= 4 is 5.91 Å². The van der Waals surface area contributed by atoms with Gasteiger partial charge in [-0.2, -0.15) is 0 Å². The molecule has 1 aliphatic carbocycles. The molecule has 27 heavy (non-hydrogen) atoms. The second kappa shape index (κ2) is 8.43. The van der Waals surface area contributed by atoms with Crippen LogP contribution in [0.25, 0.3) is 0 Å². The summed E-state index contributed by atoms with van der Waals surface area (Å²) < 4.78 is 12.7. The van der Waals surface area contributed by atoms with Crippen molar-refractivity contribution < 1.29 is 14.3 Å². The summed E-state index contributed by atoms with van der Waals surface area (Å²) in [5.41, 5.74) is 6.93. The molecule has 146 valence electrons. The highest BCUT2D eigenvalue weighted by atomic mass is 16.5. The van der Waals surface area contributed by atoms with Crippen molar-refractivity contribution in [2.24, 2.45) is 18.7 Å². The van der Waals surface area contributed by atoms with Crippen LogP contribution >= 0.6 is 0 Å². The molecule has 7 heteroatoms. The minimum Gasteiger partial charge on any atom is -0.497 e. The maximum Gasteiger partial charge on any atom is 0.224 e. The van der Waals surface area contributed by atoms with Crippen LogP contribution in [-0.2, 0) is 11.8 Å². The minimum atomic E-state index is -0.403. The normalized spacial score (nSPS) is 20.7. The molecule has 0 radical (unpaired) electrons. The van der Waals surface area contributed by atoms with Gasteiger partial charge in [-0.25, -0.2) is 4.98 Å². The van der Waals surface area contributed by atoms with Crippen LogP contribution in [0.4, 0.5) is 0 Å². The third kappa shape index (κ3) is 4.42. The fourth-order valence-electron chi connectivity index (χ4n) is 3.67. The summed E-state index contributed by atoms with van der Waals surface area (Å²) in [4.78, 5) is 17.4. The van der Waals surface area contributed by atoms with E-state index >= 15 is 0 Å². The van der Waals surface area contributed by atoms with Crippen LogP contribution in [0.5, 0.6) is 11.5 Å². The van der Waals surface area contributed by atoms with E-state index in [2.05, 4.69) is 10.3 Å². The van der Waals surface area contributed by atoms with E-state index in [1.165, 1.54) is 0 Å². The molecule has 1 aliphatic rings. The van der Waals surface area contributed by atoms with Crippen LogP contribution in [0.15, 0.2) is 30.6 Å². The van der Waals surface area contributed by atoms with Gasteiger partial charge in [-0.15, -0.1) is 0 Å². The Morgan fingerprint density at radius 1 is 1.26 bits per heavy atom. The SMILES string of the molecule is COc1cc(OC)cc(C(NC(=O)C2CCCC(N)C2)c2nccn2C)c1. The number of ether oxygens (including phenoxy) is 2. The van der Waals surface area contributed by atoms with E-state index < -0.39 is 6.04 Å². The summed E-state index contributed by atoms with van der Waals surface area (Å²) >= 11 is 0. The number of aryl methyl sites for hydroxylation is 1. The number of imidazole rings is 1. The van der Waals surface area contributed by atoms with E-state index in [4.69, 9.17) is 15.2 Å². The lowest BCUT2D eigenvalue weighted by Gasteiger charge is -2.28. The first-order valence-electron chi connectivity index (χ1n) is 9.28. The van der Waals surface area contributed by atoms with Crippen molar-refractivity contribution in [1.82, 2.24) is 14.9 Å². The number of hydrogen-bond acceptors (Lipinski definition) is 5. The molecule has 1 fully saturated rings. The number of nitrogens with zero attached hydrogens (tertiary/aromatic N) is 2. The number of nitrogens with two attached hydrogens (primary N) is 1. The predicted octanol–water partition coefficient (Wildman–Crippen LogP) is 2.16. The van der Waals surface area contributed by atoms with Gasteiger partial charge in [0.15, 0.2) is 0 Å². The number of aromatic nitrogens is 2. The fourth-order valence-corrected chi connectivity index (χ4v) is 3.67. The van der Waals surface area contributed by atoms with Crippen molar-refractivity contribution in [3.63, 3.8) is 0 Å². The van der Waals surface area contributed by atoms with Gasteiger partial charge >= 0.3 is 0 Å². The second-order valence-corrected chi connectivity index (χ2v) is 7.11. The Morgan fingerprint density at radius 2 is 1.96 bits per heavy atom. The van der Waals surface area contributed by atoms with Crippen LogP contribution in [0, 0.1) is 5.92 Å². The number of hydrogen-bond donors (Lipinski definition) is 2. The minimum absolute atomic E-state index is 0.0138. The fraction of sp³-hybridized carbons (Fsp3) is 0.500. The number of methoxy groups -OCH3 is 2. The Balaban J connectivity index is 1.93. The average molecular weight is 372 g/mol. The summed E-state index contributed by atoms with van der Waals surface area (Å²) in [7, 11) is 5.13. The van der Waals surface area contributed by atoms with E-state index in [0.29, 0.717) is 11.5 Å². The maximum absolute atomic E-state index is 13.0. The topological polar surface area (TPSA) is 91.4 Å². The molecular formula is C20H28N4O3. The molecule has 3 rings (SSSR count). The number of amides is 1. The van der Waals surface area contributed by atoms with Crippen LogP contribution in [0.1, 0.15) is 43.1 Å². The van der Waals surface area contributed by atoms with Gasteiger partial charge in [0.2, 0.25) is 5.91 Å². The Labute approximate surface area is 159 Å². The third-order valence-electron chi connectivity index (χ3n) is 5.20. The van der Waals surface area contributed by atoms with Gasteiger partial charge in [0, 0.05) is 37.5 Å². The monoisotopic (exact) mass is 372 g/mol. The van der Waals surface area contributed by atoms with Crippen molar-refractivity contribution in [2.75, 3.05) is 14.2 Å². The first-order valence-corrected chi connectivity index (χ1v) is 9.28. The van der Waals surface area contributed by atoms with Crippen molar-refractivity contribution in [3.05, 3.63) is 42.0 Å². The summed E-state index contributed by atoms with van der Waals surface area (Å²) in [6.45, 7) is 0. The molecule has 1 amide bonds. The Morgan fingerprint density at radius 3 is 2.52 bits per heavy atom. The highest BCUT2D eigenvalue weighted by Crippen LogP contribution is 2.31. The van der Waals surface area contributed by atoms with E-state index in [9.17, 15) is 4.79 Å². The Hall–Kier alpha value is -2.54. The number of benzene rings is 1. The van der Waals surface area contributed by atoms with Gasteiger partial charge in [-0.1, -0.05) is 6.42 Å². The molecule has 1 heterocycles. The summed E-state index contributed by atoms with van der Waals surface area (Å²) in [6.07, 6.45) is 7.15. The van der Waals surface area contributed by atoms with Gasteiger partial charge < -0.3 is 25.1 Å². The number of rotatable bonds is 6. The molecule has 1 aromatic heterocycles. The zero-order valence-electron chi connectivity index (χ0n) is 16.1. The molecule has 3 unspecified atom stereocenters. The largest absolute Gasteiger partial charge is 0.497 e. The van der Waals surface area contributed by atoms with Crippen LogP contribution in [0.3, 0.4) is 0 Å². The van der Waals surface area contributed by atoms with Crippen molar-refractivity contribution in [3.8, 4) is 11.5 Å².